The normalized spacial score (nSPS) is 24.5. The molecule has 2 bridgehead atoms. The van der Waals surface area contributed by atoms with Gasteiger partial charge in [-0.15, -0.1) is 0 Å². The monoisotopic (exact) mass is 668 g/mol. The van der Waals surface area contributed by atoms with Crippen molar-refractivity contribution in [2.75, 3.05) is 55.7 Å². The molecule has 2 aromatic rings. The molecule has 0 radical (unpaired) electrons. The molecule has 7 nitrogen and oxygen atoms in total. The van der Waals surface area contributed by atoms with Crippen molar-refractivity contribution in [1.29, 1.82) is 0 Å². The Morgan fingerprint density at radius 1 is 0.913 bits per heavy atom. The first-order chi connectivity index (χ1) is 22.2. The van der Waals surface area contributed by atoms with E-state index in [0.29, 0.717) is 10.0 Å². The Morgan fingerprint density at radius 3 is 2.30 bits per heavy atom. The molecule has 46 heavy (non-hydrogen) atoms. The lowest BCUT2D eigenvalue weighted by Gasteiger charge is -2.49. The van der Waals surface area contributed by atoms with E-state index in [2.05, 4.69) is 66.3 Å². The largest absolute Gasteiger partial charge is 0.385 e. The highest BCUT2D eigenvalue weighted by Gasteiger charge is 2.43. The lowest BCUT2D eigenvalue weighted by atomic mass is 9.85. The second-order valence-corrected chi connectivity index (χ2v) is 16.7. The molecular weight excluding hydrogens is 611 g/mol. The second-order valence-electron chi connectivity index (χ2n) is 14.3. The number of fused-ring (bicyclic) bond motifs is 4. The number of piperidine rings is 3. The summed E-state index contributed by atoms with van der Waals surface area (Å²) in [5.41, 5.74) is 3.24. The number of nitrogens with zero attached hydrogens (tertiary/aromatic N) is 1. The molecule has 0 aliphatic carbocycles. The molecule has 4 N–H and O–H groups in total. The summed E-state index contributed by atoms with van der Waals surface area (Å²) >= 11 is 5.74. The van der Waals surface area contributed by atoms with Crippen molar-refractivity contribution in [3.05, 3.63) is 53.6 Å². The summed E-state index contributed by atoms with van der Waals surface area (Å²) in [6.45, 7) is 13.5. The molecule has 254 valence electrons. The van der Waals surface area contributed by atoms with Crippen molar-refractivity contribution in [3.8, 4) is 0 Å². The quantitative estimate of drug-likeness (QED) is 0.0895. The summed E-state index contributed by atoms with van der Waals surface area (Å²) in [5, 5.41) is 15.0. The van der Waals surface area contributed by atoms with Crippen LogP contribution in [-0.4, -0.2) is 68.6 Å². The van der Waals surface area contributed by atoms with Gasteiger partial charge in [0.15, 0.2) is 14.9 Å². The smallest absolute Gasteiger partial charge is 0.180 e. The average Bonchev–Trinajstić information content (AvgIpc) is 3.16. The van der Waals surface area contributed by atoms with Gasteiger partial charge in [-0.2, -0.15) is 0 Å². The van der Waals surface area contributed by atoms with Crippen molar-refractivity contribution in [3.63, 3.8) is 0 Å². The van der Waals surface area contributed by atoms with Crippen LogP contribution in [0, 0.1) is 5.92 Å². The Hall–Kier alpha value is -2.20. The average molecular weight is 669 g/mol. The Morgan fingerprint density at radius 2 is 1.63 bits per heavy atom. The van der Waals surface area contributed by atoms with Gasteiger partial charge in [-0.3, -0.25) is 5.32 Å². The lowest BCUT2D eigenvalue weighted by Crippen LogP contribution is -2.58. The van der Waals surface area contributed by atoms with Gasteiger partial charge in [-0.1, -0.05) is 58.6 Å². The predicted molar refractivity (Wildman–Crippen MR) is 196 cm³/mol. The van der Waals surface area contributed by atoms with Gasteiger partial charge in [0.2, 0.25) is 0 Å². The summed E-state index contributed by atoms with van der Waals surface area (Å²) in [4.78, 5) is 0.446. The Balaban J connectivity index is 1.36. The summed E-state index contributed by atoms with van der Waals surface area (Å²) in [6.07, 6.45) is 12.0. The number of hydrogen-bond donors (Lipinski definition) is 4. The molecule has 4 aliphatic rings. The van der Waals surface area contributed by atoms with Crippen LogP contribution in [0.25, 0.3) is 0 Å². The van der Waals surface area contributed by atoms with E-state index < -0.39 is 15.4 Å². The standard InChI is InChI=1S/C37H57N5O2S2/c1-4-7-18-37(19-8-5-2)28-46(43,44)34-14-13-31(38-20-6-3)27-33(34)35(41-37)30-11-9-12-32(26-30)40-36(45)39-21-10-22-42-23-15-29(16-24-42)17-25-42/h9,11-14,26-27,29,35,38,41H,4-8,10,15-25,28H2,1-3H3,(H-,39,40,45)/p+1. The maximum Gasteiger partial charge on any atom is 0.180 e. The number of nitrogens with one attached hydrogen (secondary N) is 4. The number of thiocarbonyl (C=S) groups is 1. The Bertz CT molecular complexity index is 1400. The van der Waals surface area contributed by atoms with Crippen LogP contribution in [0.5, 0.6) is 0 Å². The number of quaternary nitrogens is 1. The van der Waals surface area contributed by atoms with Gasteiger partial charge in [0, 0.05) is 36.4 Å². The summed E-state index contributed by atoms with van der Waals surface area (Å²) < 4.78 is 29.5. The maximum atomic E-state index is 14.1. The molecule has 0 saturated carbocycles. The first-order valence-electron chi connectivity index (χ1n) is 18.1. The van der Waals surface area contributed by atoms with Gasteiger partial charge in [0.25, 0.3) is 0 Å². The zero-order valence-electron chi connectivity index (χ0n) is 28.5. The third kappa shape index (κ3) is 8.63. The molecule has 4 heterocycles. The molecule has 3 saturated heterocycles. The highest BCUT2D eigenvalue weighted by atomic mass is 32.2. The van der Waals surface area contributed by atoms with E-state index in [1.165, 1.54) is 49.9 Å². The van der Waals surface area contributed by atoms with E-state index in [4.69, 9.17) is 12.2 Å². The van der Waals surface area contributed by atoms with Gasteiger partial charge in [0.05, 0.1) is 42.9 Å². The summed E-state index contributed by atoms with van der Waals surface area (Å²) in [7, 11) is -3.52. The van der Waals surface area contributed by atoms with Crippen molar-refractivity contribution >= 4 is 38.5 Å². The molecule has 2 aromatic carbocycles. The zero-order valence-corrected chi connectivity index (χ0v) is 30.1. The van der Waals surface area contributed by atoms with Gasteiger partial charge >= 0.3 is 0 Å². The molecule has 0 spiro atoms. The summed E-state index contributed by atoms with van der Waals surface area (Å²) in [5.74, 6) is 1.11. The molecule has 1 atom stereocenters. The highest BCUT2D eigenvalue weighted by molar-refractivity contribution is 7.91. The minimum atomic E-state index is -3.52. The van der Waals surface area contributed by atoms with Crippen LogP contribution in [0.2, 0.25) is 0 Å². The van der Waals surface area contributed by atoms with Crippen molar-refractivity contribution in [2.24, 2.45) is 5.92 Å². The molecule has 3 fully saturated rings. The van der Waals surface area contributed by atoms with Gasteiger partial charge in [-0.05, 0) is 98.1 Å². The van der Waals surface area contributed by atoms with Gasteiger partial charge in [-0.25, -0.2) is 8.42 Å². The van der Waals surface area contributed by atoms with Crippen molar-refractivity contribution in [1.82, 2.24) is 10.6 Å². The molecule has 0 aromatic heterocycles. The summed E-state index contributed by atoms with van der Waals surface area (Å²) in [6, 6.07) is 13.9. The first kappa shape index (κ1) is 35.1. The Kier molecular flexibility index (Phi) is 12.1. The third-order valence-corrected chi connectivity index (χ3v) is 13.0. The number of sulfone groups is 1. The molecule has 0 amide bonds. The topological polar surface area (TPSA) is 82.3 Å². The fourth-order valence-electron chi connectivity index (χ4n) is 8.07. The van der Waals surface area contributed by atoms with E-state index in [9.17, 15) is 8.42 Å². The Labute approximate surface area is 284 Å². The third-order valence-electron chi connectivity index (χ3n) is 10.8. The van der Waals surface area contributed by atoms with Crippen LogP contribution in [-0.2, 0) is 9.84 Å². The number of unbranched alkanes of at least 4 members (excludes halogenated alkanes) is 2. The van der Waals surface area contributed by atoms with Crippen LogP contribution < -0.4 is 21.3 Å². The number of anilines is 2. The molecule has 1 unspecified atom stereocenters. The van der Waals surface area contributed by atoms with E-state index in [1.54, 1.807) is 0 Å². The first-order valence-corrected chi connectivity index (χ1v) is 20.1. The minimum absolute atomic E-state index is 0.123. The fraction of sp³-hybridized carbons (Fsp3) is 0.649. The minimum Gasteiger partial charge on any atom is -0.385 e. The van der Waals surface area contributed by atoms with Gasteiger partial charge < -0.3 is 20.4 Å². The van der Waals surface area contributed by atoms with Crippen LogP contribution in [0.3, 0.4) is 0 Å². The van der Waals surface area contributed by atoms with Crippen molar-refractivity contribution in [2.45, 2.75) is 108 Å². The molecular formula is C37H58N5O2S2+. The predicted octanol–water partition coefficient (Wildman–Crippen LogP) is 7.40. The lowest BCUT2D eigenvalue weighted by molar-refractivity contribution is -0.942. The molecule has 9 heteroatoms. The van der Waals surface area contributed by atoms with Crippen LogP contribution in [0.1, 0.15) is 109 Å². The SMILES string of the molecule is CCCCC1(CCCC)CS(=O)(=O)c2ccc(NCCC)cc2C(c2cccc(NC(=S)NCCC[N+]34CCC(CC3)CC4)c2)N1. The van der Waals surface area contributed by atoms with E-state index >= 15 is 0 Å². The highest BCUT2D eigenvalue weighted by Crippen LogP contribution is 2.40. The van der Waals surface area contributed by atoms with Gasteiger partial charge in [0.1, 0.15) is 0 Å². The zero-order chi connectivity index (χ0) is 32.6. The number of benzene rings is 2. The molecule has 4 aliphatic heterocycles. The van der Waals surface area contributed by atoms with E-state index in [1.807, 2.05) is 18.2 Å². The number of rotatable bonds is 15. The van der Waals surface area contributed by atoms with Crippen molar-refractivity contribution < 1.29 is 12.9 Å². The fourth-order valence-corrected chi connectivity index (χ4v) is 10.4. The molecule has 6 rings (SSSR count). The van der Waals surface area contributed by atoms with Crippen LogP contribution in [0.15, 0.2) is 47.4 Å². The van der Waals surface area contributed by atoms with Crippen LogP contribution in [0.4, 0.5) is 11.4 Å². The second kappa shape index (κ2) is 15.8. The van der Waals surface area contributed by atoms with Crippen LogP contribution >= 0.6 is 12.2 Å². The maximum absolute atomic E-state index is 14.1. The van der Waals surface area contributed by atoms with E-state index in [-0.39, 0.29) is 11.8 Å². The van der Waals surface area contributed by atoms with E-state index in [0.717, 1.165) is 92.9 Å². The number of hydrogen-bond acceptors (Lipinski definition) is 5.